The maximum Gasteiger partial charge on any atom is 0.417 e. The van der Waals surface area contributed by atoms with Crippen LogP contribution in [0, 0.1) is 23.0 Å². The van der Waals surface area contributed by atoms with Gasteiger partial charge >= 0.3 is 12.2 Å². The second-order valence-electron chi connectivity index (χ2n) is 13.5. The second kappa shape index (κ2) is 12.8. The van der Waals surface area contributed by atoms with E-state index >= 15 is 4.39 Å². The Hall–Kier alpha value is -3.81. The Balaban J connectivity index is 1.41. The Morgan fingerprint density at radius 1 is 1.24 bits per heavy atom. The van der Waals surface area contributed by atoms with Gasteiger partial charge in [0, 0.05) is 61.4 Å². The van der Waals surface area contributed by atoms with Crippen molar-refractivity contribution in [2.75, 3.05) is 44.7 Å². The highest BCUT2D eigenvalue weighted by Crippen LogP contribution is 2.52. The number of thioether (sulfide) groups is 1. The number of aromatic nitrogens is 2. The van der Waals surface area contributed by atoms with Crippen LogP contribution in [0.1, 0.15) is 56.1 Å². The van der Waals surface area contributed by atoms with Gasteiger partial charge in [0.2, 0.25) is 5.91 Å². The lowest BCUT2D eigenvalue weighted by atomic mass is 9.87. The molecule has 0 spiro atoms. The minimum Gasteiger partial charge on any atom is -0.461 e. The molecule has 16 heteroatoms. The van der Waals surface area contributed by atoms with E-state index in [1.165, 1.54) is 0 Å². The summed E-state index contributed by atoms with van der Waals surface area (Å²) in [5, 5.41) is 8.65. The number of ether oxygens (including phenoxy) is 1. The SMILES string of the molecule is CCC(=O)N1CCC(N(C)c2nc(OCC34CCCN3CC(F)C4)nc3c(F)c(-c4ccc(F)c5c4C(C#N)C(N)S5)c(C(F)(F)F)cc23)C1. The lowest BCUT2D eigenvalue weighted by Crippen LogP contribution is -2.43. The maximum atomic E-state index is 17.1. The molecule has 7 rings (SSSR count). The number of nitriles is 1. The van der Waals surface area contributed by atoms with Gasteiger partial charge in [-0.15, -0.1) is 11.8 Å². The highest BCUT2D eigenvalue weighted by molar-refractivity contribution is 8.00. The minimum absolute atomic E-state index is 0.0101. The number of fused-ring (bicyclic) bond motifs is 3. The van der Waals surface area contributed by atoms with Crippen molar-refractivity contribution in [1.82, 2.24) is 19.8 Å². The molecular weight excluding hydrogens is 684 g/mol. The third-order valence-electron chi connectivity index (χ3n) is 10.6. The van der Waals surface area contributed by atoms with Gasteiger partial charge in [-0.2, -0.15) is 28.4 Å². The Labute approximate surface area is 288 Å². The van der Waals surface area contributed by atoms with Crippen molar-refractivity contribution < 1.29 is 35.9 Å². The Morgan fingerprint density at radius 3 is 2.74 bits per heavy atom. The van der Waals surface area contributed by atoms with Gasteiger partial charge in [-0.05, 0) is 49.1 Å². The van der Waals surface area contributed by atoms with Crippen LogP contribution in [0.15, 0.2) is 23.1 Å². The molecule has 0 bridgehead atoms. The van der Waals surface area contributed by atoms with Crippen molar-refractivity contribution in [1.29, 1.82) is 5.26 Å². The number of anilines is 1. The zero-order chi connectivity index (χ0) is 35.7. The topological polar surface area (TPSA) is 112 Å². The molecule has 2 aromatic carbocycles. The number of hydrogen-bond donors (Lipinski definition) is 1. The number of hydrogen-bond acceptors (Lipinski definition) is 9. The summed E-state index contributed by atoms with van der Waals surface area (Å²) in [5.41, 5.74) is 2.29. The molecule has 9 nitrogen and oxygen atoms in total. The molecule has 5 atom stereocenters. The van der Waals surface area contributed by atoms with Crippen LogP contribution < -0.4 is 15.4 Å². The van der Waals surface area contributed by atoms with E-state index in [1.807, 2.05) is 11.0 Å². The first-order chi connectivity index (χ1) is 23.8. The minimum atomic E-state index is -5.10. The first-order valence-corrected chi connectivity index (χ1v) is 17.4. The molecule has 0 saturated carbocycles. The molecule has 0 aliphatic carbocycles. The van der Waals surface area contributed by atoms with Gasteiger partial charge in [-0.25, -0.2) is 13.2 Å². The summed E-state index contributed by atoms with van der Waals surface area (Å²) in [4.78, 5) is 26.5. The van der Waals surface area contributed by atoms with Crippen LogP contribution in [0.25, 0.3) is 22.0 Å². The van der Waals surface area contributed by atoms with Gasteiger partial charge in [0.15, 0.2) is 5.82 Å². The molecular formula is C34H35F6N7O2S. The predicted octanol–water partition coefficient (Wildman–Crippen LogP) is 5.99. The summed E-state index contributed by atoms with van der Waals surface area (Å²) in [6.07, 6.45) is -3.63. The van der Waals surface area contributed by atoms with Gasteiger partial charge in [0.1, 0.15) is 29.9 Å². The first-order valence-electron chi connectivity index (χ1n) is 16.5. The zero-order valence-corrected chi connectivity index (χ0v) is 28.2. The Morgan fingerprint density at radius 2 is 2.02 bits per heavy atom. The van der Waals surface area contributed by atoms with Gasteiger partial charge in [0.25, 0.3) is 0 Å². The molecule has 1 aromatic heterocycles. The lowest BCUT2D eigenvalue weighted by molar-refractivity contribution is -0.137. The third-order valence-corrected chi connectivity index (χ3v) is 11.8. The Kier molecular flexibility index (Phi) is 8.83. The summed E-state index contributed by atoms with van der Waals surface area (Å²) < 4.78 is 97.5. The molecule has 0 radical (unpaired) electrons. The molecule has 3 aromatic rings. The van der Waals surface area contributed by atoms with Crippen LogP contribution >= 0.6 is 11.8 Å². The fourth-order valence-electron chi connectivity index (χ4n) is 8.07. The van der Waals surface area contributed by atoms with E-state index in [2.05, 4.69) is 9.97 Å². The van der Waals surface area contributed by atoms with Crippen molar-refractivity contribution in [2.24, 2.45) is 5.73 Å². The van der Waals surface area contributed by atoms with Crippen LogP contribution in [0.3, 0.4) is 0 Å². The van der Waals surface area contributed by atoms with Crippen LogP contribution in [-0.2, 0) is 11.0 Å². The molecule has 4 aliphatic heterocycles. The zero-order valence-electron chi connectivity index (χ0n) is 27.4. The van der Waals surface area contributed by atoms with Crippen molar-refractivity contribution >= 4 is 34.4 Å². The molecule has 4 aliphatic rings. The highest BCUT2D eigenvalue weighted by atomic mass is 32.2. The molecule has 50 heavy (non-hydrogen) atoms. The quantitative estimate of drug-likeness (QED) is 0.295. The number of amides is 1. The number of alkyl halides is 4. The highest BCUT2D eigenvalue weighted by Gasteiger charge is 2.49. The summed E-state index contributed by atoms with van der Waals surface area (Å²) in [6, 6.07) is 4.00. The van der Waals surface area contributed by atoms with E-state index in [0.29, 0.717) is 25.9 Å². The summed E-state index contributed by atoms with van der Waals surface area (Å²) in [7, 11) is 1.61. The van der Waals surface area contributed by atoms with Crippen LogP contribution in [0.4, 0.5) is 32.2 Å². The standard InChI is InChI=1S/C34H35F6N7O2S/c1-3-24(48)46-10-7-18(15-46)45(2)31-20-11-22(34(38,39)40)26(19-5-6-23(36)29-25(19)21(13-41)30(42)50-29)27(37)28(20)43-32(44-31)49-16-33-8-4-9-47(33)14-17(35)12-33/h5-6,11,17-18,21,30H,3-4,7-10,12,14-16,42H2,1-2H3. The number of rotatable bonds is 7. The van der Waals surface area contributed by atoms with E-state index in [-0.39, 0.29) is 77.7 Å². The average Bonchev–Trinajstić information content (AvgIpc) is 3.85. The van der Waals surface area contributed by atoms with Crippen LogP contribution in [0.2, 0.25) is 0 Å². The normalized spacial score (nSPS) is 26.4. The second-order valence-corrected chi connectivity index (χ2v) is 14.7. The number of nitrogens with zero attached hydrogens (tertiary/aromatic N) is 6. The fraction of sp³-hybridized carbons (Fsp3) is 0.529. The van der Waals surface area contributed by atoms with Crippen molar-refractivity contribution in [3.63, 3.8) is 0 Å². The molecule has 5 unspecified atom stereocenters. The molecule has 266 valence electrons. The summed E-state index contributed by atoms with van der Waals surface area (Å²) >= 11 is 0.800. The van der Waals surface area contributed by atoms with Gasteiger partial charge in [0.05, 0.1) is 28.5 Å². The fourth-order valence-corrected chi connectivity index (χ4v) is 9.22. The molecule has 1 amide bonds. The van der Waals surface area contributed by atoms with Crippen molar-refractivity contribution in [3.05, 3.63) is 41.0 Å². The summed E-state index contributed by atoms with van der Waals surface area (Å²) in [6.45, 7) is 3.39. The molecule has 2 N–H and O–H groups in total. The monoisotopic (exact) mass is 719 g/mol. The number of benzene rings is 2. The lowest BCUT2D eigenvalue weighted by Gasteiger charge is -2.31. The van der Waals surface area contributed by atoms with Crippen LogP contribution in [0.5, 0.6) is 6.01 Å². The smallest absolute Gasteiger partial charge is 0.417 e. The van der Waals surface area contributed by atoms with E-state index in [4.69, 9.17) is 10.5 Å². The number of carbonyl (C=O) groups excluding carboxylic acids is 1. The number of likely N-dealkylation sites (N-methyl/N-ethyl adjacent to an activating group) is 1. The molecule has 5 heterocycles. The van der Waals surface area contributed by atoms with E-state index in [1.54, 1.807) is 23.8 Å². The van der Waals surface area contributed by atoms with Crippen LogP contribution in [-0.4, -0.2) is 88.6 Å². The van der Waals surface area contributed by atoms with Gasteiger partial charge < -0.3 is 20.3 Å². The first kappa shape index (κ1) is 34.6. The summed E-state index contributed by atoms with van der Waals surface area (Å²) in [5.74, 6) is -3.46. The van der Waals surface area contributed by atoms with E-state index in [9.17, 15) is 32.0 Å². The van der Waals surface area contributed by atoms with Crippen molar-refractivity contribution in [3.8, 4) is 23.2 Å². The number of likely N-dealkylation sites (tertiary alicyclic amines) is 1. The van der Waals surface area contributed by atoms with Gasteiger partial charge in [-0.3, -0.25) is 9.69 Å². The molecule has 3 fully saturated rings. The largest absolute Gasteiger partial charge is 0.461 e. The molecule has 3 saturated heterocycles. The number of nitrogens with two attached hydrogens (primary N) is 1. The van der Waals surface area contributed by atoms with E-state index < -0.39 is 57.5 Å². The van der Waals surface area contributed by atoms with Crippen molar-refractivity contribution in [2.45, 2.75) is 79.1 Å². The average molecular weight is 720 g/mol. The predicted molar refractivity (Wildman–Crippen MR) is 174 cm³/mol. The Bertz CT molecular complexity index is 1910. The third kappa shape index (κ3) is 5.71. The number of halogens is 6. The number of carbonyl (C=O) groups is 1. The van der Waals surface area contributed by atoms with E-state index in [0.717, 1.165) is 36.4 Å². The van der Waals surface area contributed by atoms with Gasteiger partial charge in [-0.1, -0.05) is 13.0 Å². The maximum absolute atomic E-state index is 17.1.